The van der Waals surface area contributed by atoms with E-state index >= 15 is 0 Å². The summed E-state index contributed by atoms with van der Waals surface area (Å²) in [6.07, 6.45) is -0.796. The van der Waals surface area contributed by atoms with Crippen LogP contribution in [0.1, 0.15) is 25.7 Å². The Hall–Kier alpha value is -3.95. The molecule has 3 atom stereocenters. The Balaban J connectivity index is 5.01. The van der Waals surface area contributed by atoms with E-state index in [4.69, 9.17) is 33.8 Å². The molecule has 0 saturated heterocycles. The maximum Gasteiger partial charge on any atom is 0.326 e. The molecule has 0 rings (SSSR count). The van der Waals surface area contributed by atoms with Gasteiger partial charge in [-0.2, -0.15) is 0 Å². The van der Waals surface area contributed by atoms with Crippen LogP contribution in [0.15, 0.2) is 4.99 Å². The van der Waals surface area contributed by atoms with Crippen LogP contribution in [0.25, 0.3) is 0 Å². The summed E-state index contributed by atoms with van der Waals surface area (Å²) in [6.45, 7) is -0.516. The molecule has 3 unspecified atom stereocenters. The number of hydrogen-bond donors (Lipinski definition) is 9. The number of hydrogen-bond acceptors (Lipinski definition) is 8. The van der Waals surface area contributed by atoms with E-state index in [-0.39, 0.29) is 25.3 Å². The van der Waals surface area contributed by atoms with Crippen molar-refractivity contribution in [1.82, 2.24) is 16.0 Å². The van der Waals surface area contributed by atoms with Crippen molar-refractivity contribution in [1.29, 1.82) is 0 Å². The second kappa shape index (κ2) is 14.1. The Bertz CT molecular complexity index is 752. The van der Waals surface area contributed by atoms with Gasteiger partial charge in [-0.3, -0.25) is 29.0 Å². The van der Waals surface area contributed by atoms with Crippen LogP contribution in [-0.4, -0.2) is 77.8 Å². The fourth-order valence-electron chi connectivity index (χ4n) is 2.30. The van der Waals surface area contributed by atoms with Gasteiger partial charge in [-0.25, -0.2) is 4.79 Å². The monoisotopic (exact) mass is 459 g/mol. The highest BCUT2D eigenvalue weighted by molar-refractivity contribution is 5.94. The first-order valence-corrected chi connectivity index (χ1v) is 9.31. The number of aliphatic carboxylic acids is 1. The van der Waals surface area contributed by atoms with Gasteiger partial charge in [0.05, 0.1) is 25.4 Å². The summed E-state index contributed by atoms with van der Waals surface area (Å²) in [7, 11) is 0. The van der Waals surface area contributed by atoms with E-state index in [9.17, 15) is 28.8 Å². The molecule has 0 aromatic heterocycles. The van der Waals surface area contributed by atoms with E-state index in [0.717, 1.165) is 0 Å². The summed E-state index contributed by atoms with van der Waals surface area (Å²) in [5.41, 5.74) is 25.9. The molecule has 0 radical (unpaired) electrons. The molecule has 0 spiro atoms. The predicted octanol–water partition coefficient (Wildman–Crippen LogP) is -5.71. The second-order valence-corrected chi connectivity index (χ2v) is 6.63. The average Bonchev–Trinajstić information content (AvgIpc) is 2.66. The van der Waals surface area contributed by atoms with E-state index in [2.05, 4.69) is 15.6 Å². The lowest BCUT2D eigenvalue weighted by Crippen LogP contribution is -2.54. The molecule has 0 fully saturated rings. The Morgan fingerprint density at radius 1 is 0.844 bits per heavy atom. The van der Waals surface area contributed by atoms with Crippen LogP contribution in [0.2, 0.25) is 0 Å². The topological polar surface area (TPSA) is 301 Å². The molecule has 0 aromatic carbocycles. The van der Waals surface area contributed by atoms with E-state index < -0.39 is 73.0 Å². The first kappa shape index (κ1) is 28.0. The number of nitrogens with one attached hydrogen (secondary N) is 3. The largest absolute Gasteiger partial charge is 0.480 e. The molecule has 0 aliphatic carbocycles. The molecule has 5 amide bonds. The third-order valence-corrected chi connectivity index (χ3v) is 3.80. The first-order chi connectivity index (χ1) is 14.8. The van der Waals surface area contributed by atoms with Gasteiger partial charge in [-0.15, -0.1) is 0 Å². The predicted molar refractivity (Wildman–Crippen MR) is 110 cm³/mol. The van der Waals surface area contributed by atoms with Crippen LogP contribution < -0.4 is 44.6 Å². The lowest BCUT2D eigenvalue weighted by Gasteiger charge is -2.20. The number of nitrogens with zero attached hydrogens (tertiary/aromatic N) is 1. The van der Waals surface area contributed by atoms with Crippen molar-refractivity contribution >= 4 is 41.5 Å². The number of carbonyl (C=O) groups excluding carboxylic acids is 5. The number of guanidine groups is 1. The molecule has 180 valence electrons. The zero-order valence-corrected chi connectivity index (χ0v) is 17.2. The van der Waals surface area contributed by atoms with Crippen LogP contribution in [-0.2, 0) is 28.8 Å². The van der Waals surface area contributed by atoms with Crippen molar-refractivity contribution in [3.05, 3.63) is 0 Å². The van der Waals surface area contributed by atoms with Crippen molar-refractivity contribution in [2.75, 3.05) is 13.1 Å². The SMILES string of the molecule is NC(=O)CC(N)C(=O)NC(CCCN=C(N)N)C(=O)NCC(=O)NC(CC(N)=O)C(=O)O. The smallest absolute Gasteiger partial charge is 0.326 e. The number of carboxylic acid groups (broad SMARTS) is 1. The van der Waals surface area contributed by atoms with Crippen molar-refractivity contribution in [3.63, 3.8) is 0 Å². The average molecular weight is 459 g/mol. The summed E-state index contributed by atoms with van der Waals surface area (Å²) in [4.78, 5) is 73.0. The van der Waals surface area contributed by atoms with Gasteiger partial charge < -0.3 is 49.7 Å². The van der Waals surface area contributed by atoms with Crippen LogP contribution in [0, 0.1) is 0 Å². The Morgan fingerprint density at radius 3 is 1.94 bits per heavy atom. The molecule has 0 heterocycles. The molecule has 0 bridgehead atoms. The van der Waals surface area contributed by atoms with Crippen molar-refractivity contribution in [2.45, 2.75) is 43.8 Å². The minimum atomic E-state index is -1.57. The van der Waals surface area contributed by atoms with Gasteiger partial charge in [-0.05, 0) is 12.8 Å². The normalized spacial score (nSPS) is 13.0. The maximum absolute atomic E-state index is 12.4. The highest BCUT2D eigenvalue weighted by Gasteiger charge is 2.26. The molecule has 0 aliphatic rings. The molecule has 14 N–H and O–H groups in total. The molecule has 0 saturated carbocycles. The number of amides is 5. The van der Waals surface area contributed by atoms with E-state index in [0.29, 0.717) is 0 Å². The summed E-state index contributed by atoms with van der Waals surface area (Å²) in [5, 5.41) is 15.6. The highest BCUT2D eigenvalue weighted by Crippen LogP contribution is 2.01. The number of carboxylic acids is 1. The van der Waals surface area contributed by atoms with Gasteiger partial charge in [0.1, 0.15) is 12.1 Å². The summed E-state index contributed by atoms with van der Waals surface area (Å²) in [6, 6.07) is -4.04. The molecule has 0 aromatic rings. The second-order valence-electron chi connectivity index (χ2n) is 6.63. The lowest BCUT2D eigenvalue weighted by atomic mass is 10.1. The first-order valence-electron chi connectivity index (χ1n) is 9.31. The van der Waals surface area contributed by atoms with Crippen molar-refractivity contribution < 1.29 is 33.9 Å². The van der Waals surface area contributed by atoms with Gasteiger partial charge >= 0.3 is 5.97 Å². The fraction of sp³-hybridized carbons (Fsp3) is 0.562. The van der Waals surface area contributed by atoms with Crippen molar-refractivity contribution in [3.8, 4) is 0 Å². The van der Waals surface area contributed by atoms with Gasteiger partial charge in [0.2, 0.25) is 29.5 Å². The molecule has 16 nitrogen and oxygen atoms in total. The fourth-order valence-corrected chi connectivity index (χ4v) is 2.30. The molecule has 0 aliphatic heterocycles. The minimum Gasteiger partial charge on any atom is -0.480 e. The summed E-state index contributed by atoms with van der Waals surface area (Å²) in [5.74, 6) is -5.97. The van der Waals surface area contributed by atoms with E-state index in [1.54, 1.807) is 0 Å². The Morgan fingerprint density at radius 2 is 1.44 bits per heavy atom. The Labute approximate surface area is 182 Å². The number of carbonyl (C=O) groups is 6. The van der Waals surface area contributed by atoms with Crippen LogP contribution in [0.5, 0.6) is 0 Å². The summed E-state index contributed by atoms with van der Waals surface area (Å²) < 4.78 is 0. The highest BCUT2D eigenvalue weighted by atomic mass is 16.4. The lowest BCUT2D eigenvalue weighted by molar-refractivity contribution is -0.143. The number of primary amides is 2. The van der Waals surface area contributed by atoms with Gasteiger partial charge in [-0.1, -0.05) is 0 Å². The maximum atomic E-state index is 12.4. The molecule has 16 heteroatoms. The van der Waals surface area contributed by atoms with Gasteiger partial charge in [0.15, 0.2) is 5.96 Å². The minimum absolute atomic E-state index is 0.0404. The van der Waals surface area contributed by atoms with Crippen LogP contribution in [0.3, 0.4) is 0 Å². The van der Waals surface area contributed by atoms with E-state index in [1.807, 2.05) is 5.32 Å². The quantitative estimate of drug-likeness (QED) is 0.0634. The van der Waals surface area contributed by atoms with Crippen LogP contribution in [0.4, 0.5) is 0 Å². The third-order valence-electron chi connectivity index (χ3n) is 3.80. The molecule has 32 heavy (non-hydrogen) atoms. The van der Waals surface area contributed by atoms with Crippen LogP contribution >= 0.6 is 0 Å². The molecular formula is C16H29N9O7. The summed E-state index contributed by atoms with van der Waals surface area (Å²) >= 11 is 0. The zero-order chi connectivity index (χ0) is 24.8. The number of aliphatic imine (C=N–C) groups is 1. The van der Waals surface area contributed by atoms with Crippen molar-refractivity contribution in [2.24, 2.45) is 33.7 Å². The third kappa shape index (κ3) is 12.6. The van der Waals surface area contributed by atoms with Gasteiger partial charge in [0, 0.05) is 6.54 Å². The zero-order valence-electron chi connectivity index (χ0n) is 17.2. The Kier molecular flexibility index (Phi) is 12.4. The number of rotatable bonds is 15. The molecular weight excluding hydrogens is 430 g/mol. The number of nitrogens with two attached hydrogens (primary N) is 5. The van der Waals surface area contributed by atoms with Gasteiger partial charge in [0.25, 0.3) is 0 Å². The standard InChI is InChI=1S/C16H29N9O7/c17-7(4-10(18)26)13(29)25-8(2-1-3-22-16(20)21)14(30)23-6-12(28)24-9(15(31)32)5-11(19)27/h7-9H,1-6,17H2,(H2,18,26)(H2,19,27)(H,23,30)(H,24,28)(H,25,29)(H,31,32)(H4,20,21,22). The van der Waals surface area contributed by atoms with E-state index in [1.165, 1.54) is 0 Å².